The van der Waals surface area contributed by atoms with Crippen molar-refractivity contribution in [1.82, 2.24) is 0 Å². The highest BCUT2D eigenvalue weighted by Gasteiger charge is 2.45. The van der Waals surface area contributed by atoms with Crippen LogP contribution in [-0.2, 0) is 38.0 Å². The van der Waals surface area contributed by atoms with Gasteiger partial charge >= 0.3 is 11.9 Å². The van der Waals surface area contributed by atoms with E-state index in [0.717, 1.165) is 0 Å². The third kappa shape index (κ3) is 3.03. The summed E-state index contributed by atoms with van der Waals surface area (Å²) in [5, 5.41) is 0. The fourth-order valence-electron chi connectivity index (χ4n) is 1.82. The molecule has 2 heterocycles. The van der Waals surface area contributed by atoms with Crippen LogP contribution in [-0.4, -0.2) is 65.2 Å². The molecule has 2 saturated heterocycles. The van der Waals surface area contributed by atoms with Gasteiger partial charge in [-0.15, -0.1) is 0 Å². The van der Waals surface area contributed by atoms with Crippen LogP contribution in [0.4, 0.5) is 0 Å². The second-order valence-corrected chi connectivity index (χ2v) is 4.45. The Morgan fingerprint density at radius 2 is 1.16 bits per heavy atom. The average molecular weight is 276 g/mol. The minimum Gasteiger partial charge on any atom is -0.465 e. The van der Waals surface area contributed by atoms with Crippen LogP contribution in [0.2, 0.25) is 0 Å². The summed E-state index contributed by atoms with van der Waals surface area (Å²) in [5.41, 5.74) is -0.519. The van der Waals surface area contributed by atoms with Crippen LogP contribution in [0, 0.1) is 5.41 Å². The molecule has 0 amide bonds. The Morgan fingerprint density at radius 1 is 0.842 bits per heavy atom. The molecule has 2 rings (SSSR count). The summed E-state index contributed by atoms with van der Waals surface area (Å²) in [7, 11) is 2.51. The normalized spacial score (nSPS) is 34.8. The van der Waals surface area contributed by atoms with E-state index in [1.807, 2.05) is 0 Å². The largest absolute Gasteiger partial charge is 0.465 e. The zero-order valence-electron chi connectivity index (χ0n) is 10.7. The van der Waals surface area contributed by atoms with Gasteiger partial charge in [-0.1, -0.05) is 0 Å². The molecule has 2 aliphatic heterocycles. The number of rotatable bonds is 2. The van der Waals surface area contributed by atoms with Gasteiger partial charge in [0.1, 0.15) is 0 Å². The van der Waals surface area contributed by atoms with Crippen LogP contribution < -0.4 is 0 Å². The molecule has 0 aromatic carbocycles. The van der Waals surface area contributed by atoms with E-state index < -0.39 is 29.9 Å². The van der Waals surface area contributed by atoms with E-state index in [9.17, 15) is 9.59 Å². The van der Waals surface area contributed by atoms with Crippen LogP contribution in [0.15, 0.2) is 0 Å². The summed E-state index contributed by atoms with van der Waals surface area (Å²) < 4.78 is 30.1. The first-order chi connectivity index (χ1) is 9.10. The zero-order valence-corrected chi connectivity index (χ0v) is 10.7. The SMILES string of the molecule is COC(=O)C1OCC2(CO1)COC(C(=O)OC)OC2. The predicted molar refractivity (Wildman–Crippen MR) is 57.8 cm³/mol. The first-order valence-electron chi connectivity index (χ1n) is 5.72. The van der Waals surface area contributed by atoms with Gasteiger partial charge in [0.15, 0.2) is 0 Å². The summed E-state index contributed by atoms with van der Waals surface area (Å²) in [6, 6.07) is 0. The van der Waals surface area contributed by atoms with Crippen molar-refractivity contribution in [2.45, 2.75) is 12.6 Å². The van der Waals surface area contributed by atoms with Crippen molar-refractivity contribution in [1.29, 1.82) is 0 Å². The maximum Gasteiger partial charge on any atom is 0.363 e. The molecule has 0 aliphatic carbocycles. The summed E-state index contributed by atoms with van der Waals surface area (Å²) in [5.74, 6) is -1.17. The molecule has 0 unspecified atom stereocenters. The lowest BCUT2D eigenvalue weighted by Crippen LogP contribution is -2.54. The lowest BCUT2D eigenvalue weighted by Gasteiger charge is -2.42. The Kier molecular flexibility index (Phi) is 4.35. The fraction of sp³-hybridized carbons (Fsp3) is 0.818. The van der Waals surface area contributed by atoms with Gasteiger partial charge in [0.2, 0.25) is 0 Å². The van der Waals surface area contributed by atoms with Gasteiger partial charge < -0.3 is 28.4 Å². The number of hydrogen-bond donors (Lipinski definition) is 0. The minimum atomic E-state index is -1.02. The van der Waals surface area contributed by atoms with Crippen LogP contribution >= 0.6 is 0 Å². The van der Waals surface area contributed by atoms with Gasteiger partial charge in [0, 0.05) is 0 Å². The Bertz CT molecular complexity index is 301. The molecule has 8 heteroatoms. The van der Waals surface area contributed by atoms with E-state index in [-0.39, 0.29) is 26.4 Å². The van der Waals surface area contributed by atoms with Crippen molar-refractivity contribution in [2.75, 3.05) is 40.6 Å². The fourth-order valence-corrected chi connectivity index (χ4v) is 1.82. The Labute approximate surface area is 109 Å². The molecule has 19 heavy (non-hydrogen) atoms. The molecular weight excluding hydrogens is 260 g/mol. The van der Waals surface area contributed by atoms with Crippen molar-refractivity contribution in [2.24, 2.45) is 5.41 Å². The molecule has 0 atom stereocenters. The van der Waals surface area contributed by atoms with E-state index in [1.165, 1.54) is 14.2 Å². The molecule has 0 N–H and O–H groups in total. The Morgan fingerprint density at radius 3 is 1.42 bits per heavy atom. The van der Waals surface area contributed by atoms with E-state index in [0.29, 0.717) is 0 Å². The van der Waals surface area contributed by atoms with E-state index in [4.69, 9.17) is 18.9 Å². The molecule has 0 bridgehead atoms. The van der Waals surface area contributed by atoms with Crippen molar-refractivity contribution in [3.8, 4) is 0 Å². The maximum absolute atomic E-state index is 11.2. The van der Waals surface area contributed by atoms with Crippen molar-refractivity contribution in [3.05, 3.63) is 0 Å². The number of ether oxygens (including phenoxy) is 6. The van der Waals surface area contributed by atoms with Crippen LogP contribution in [0.5, 0.6) is 0 Å². The van der Waals surface area contributed by atoms with Gasteiger partial charge in [-0.2, -0.15) is 0 Å². The highest BCUT2D eigenvalue weighted by atomic mass is 16.7. The molecule has 2 aliphatic rings. The molecule has 0 saturated carbocycles. The third-order valence-electron chi connectivity index (χ3n) is 2.95. The lowest BCUT2D eigenvalue weighted by molar-refractivity contribution is -0.297. The standard InChI is InChI=1S/C11H16O8/c1-14-7(12)9-16-3-11(4-17-9)5-18-10(19-6-11)8(13)15-2/h9-10H,3-6H2,1-2H3. The smallest absolute Gasteiger partial charge is 0.363 e. The molecule has 0 aromatic rings. The monoisotopic (exact) mass is 276 g/mol. The molecular formula is C11H16O8. The highest BCUT2D eigenvalue weighted by molar-refractivity contribution is 5.73. The van der Waals surface area contributed by atoms with Crippen molar-refractivity contribution >= 4 is 11.9 Å². The van der Waals surface area contributed by atoms with Gasteiger partial charge in [-0.25, -0.2) is 9.59 Å². The number of hydrogen-bond acceptors (Lipinski definition) is 8. The minimum absolute atomic E-state index is 0.223. The summed E-state index contributed by atoms with van der Waals surface area (Å²) in [6.45, 7) is 0.892. The van der Waals surface area contributed by atoms with Gasteiger partial charge in [-0.05, 0) is 0 Å². The van der Waals surface area contributed by atoms with Crippen molar-refractivity contribution in [3.63, 3.8) is 0 Å². The molecule has 0 aromatic heterocycles. The molecule has 8 nitrogen and oxygen atoms in total. The van der Waals surface area contributed by atoms with Crippen LogP contribution in [0.1, 0.15) is 0 Å². The highest BCUT2D eigenvalue weighted by Crippen LogP contribution is 2.30. The number of methoxy groups -OCH3 is 2. The first-order valence-corrected chi connectivity index (χ1v) is 5.72. The molecule has 1 spiro atoms. The quantitative estimate of drug-likeness (QED) is 0.597. The summed E-state index contributed by atoms with van der Waals surface area (Å²) in [6.07, 6.45) is -2.04. The second-order valence-electron chi connectivity index (χ2n) is 4.45. The van der Waals surface area contributed by atoms with E-state index in [1.54, 1.807) is 0 Å². The van der Waals surface area contributed by atoms with E-state index >= 15 is 0 Å². The Balaban J connectivity index is 1.85. The van der Waals surface area contributed by atoms with Crippen LogP contribution in [0.25, 0.3) is 0 Å². The maximum atomic E-state index is 11.2. The van der Waals surface area contributed by atoms with E-state index in [2.05, 4.69) is 9.47 Å². The van der Waals surface area contributed by atoms with Crippen molar-refractivity contribution < 1.29 is 38.0 Å². The second kappa shape index (κ2) is 5.83. The van der Waals surface area contributed by atoms with Gasteiger partial charge in [0.05, 0.1) is 46.1 Å². The number of carbonyl (C=O) groups is 2. The lowest BCUT2D eigenvalue weighted by atomic mass is 9.91. The summed E-state index contributed by atoms with van der Waals surface area (Å²) in [4.78, 5) is 22.4. The topological polar surface area (TPSA) is 89.5 Å². The first kappa shape index (κ1) is 14.2. The number of esters is 2. The Hall–Kier alpha value is -1.22. The van der Waals surface area contributed by atoms with Crippen LogP contribution in [0.3, 0.4) is 0 Å². The third-order valence-corrected chi connectivity index (χ3v) is 2.95. The van der Waals surface area contributed by atoms with Gasteiger partial charge in [0.25, 0.3) is 12.6 Å². The summed E-state index contributed by atoms with van der Waals surface area (Å²) >= 11 is 0. The predicted octanol–water partition coefficient (Wildman–Crippen LogP) is -0.935. The molecule has 108 valence electrons. The average Bonchev–Trinajstić information content (AvgIpc) is 2.47. The molecule has 2 fully saturated rings. The number of carbonyl (C=O) groups excluding carboxylic acids is 2. The zero-order chi connectivity index (χ0) is 13.9. The molecule has 0 radical (unpaired) electrons. The van der Waals surface area contributed by atoms with Gasteiger partial charge in [-0.3, -0.25) is 0 Å².